The van der Waals surface area contributed by atoms with Gasteiger partial charge in [0.25, 0.3) is 0 Å². The third kappa shape index (κ3) is 6.25. The maximum Gasteiger partial charge on any atom is 0.0502 e. The average Bonchev–Trinajstić information content (AvgIpc) is 0.954. The third-order valence-electron chi connectivity index (χ3n) is 20.8. The summed E-state index contributed by atoms with van der Waals surface area (Å²) in [4.78, 5) is 5.10. The van der Waals surface area contributed by atoms with Crippen LogP contribution < -0.4 is 15.0 Å². The number of nitrogens with zero attached hydrogens (tertiary/aromatic N) is 2. The molecule has 404 valence electrons. The summed E-state index contributed by atoms with van der Waals surface area (Å²) in [7, 11) is 0. The molecular weight excluding hydrogens is 1040 g/mol. The van der Waals surface area contributed by atoms with Gasteiger partial charge in [-0.1, -0.05) is 234 Å². The molecule has 0 radical (unpaired) electrons. The molecule has 0 amide bonds. The number of rotatable bonds is 4. The topological polar surface area (TPSA) is 6.48 Å². The second kappa shape index (κ2) is 17.2. The van der Waals surface area contributed by atoms with E-state index < -0.39 is 0 Å². The summed E-state index contributed by atoms with van der Waals surface area (Å²) in [6.07, 6.45) is 1.84. The molecule has 0 saturated carbocycles. The average molecular weight is 1100 g/mol. The Hall–Kier alpha value is -10.3. The van der Waals surface area contributed by atoms with E-state index in [1.165, 1.54) is 175 Å². The van der Waals surface area contributed by atoms with Crippen LogP contribution in [0.4, 0.5) is 34.1 Å². The van der Waals surface area contributed by atoms with Gasteiger partial charge in [-0.15, -0.1) is 0 Å². The molecule has 0 spiro atoms. The largest absolute Gasteiger partial charge is 0.310 e. The van der Waals surface area contributed by atoms with Crippen LogP contribution in [0.1, 0.15) is 67.5 Å². The van der Waals surface area contributed by atoms with Crippen LogP contribution in [-0.2, 0) is 17.3 Å². The zero-order valence-electron chi connectivity index (χ0n) is 48.6. The summed E-state index contributed by atoms with van der Waals surface area (Å²) in [5.41, 5.74) is 18.8. The Bertz CT molecular complexity index is 5590. The summed E-state index contributed by atoms with van der Waals surface area (Å²) in [6.45, 7) is 9.55. The Morgan fingerprint density at radius 1 is 0.279 bits per heavy atom. The molecule has 0 atom stereocenters. The van der Waals surface area contributed by atoms with E-state index >= 15 is 0 Å². The maximum atomic E-state index is 2.58. The Morgan fingerprint density at radius 2 is 0.663 bits per heavy atom. The van der Waals surface area contributed by atoms with Gasteiger partial charge in [0.15, 0.2) is 0 Å². The van der Waals surface area contributed by atoms with Gasteiger partial charge in [0.05, 0.1) is 22.7 Å². The Kier molecular flexibility index (Phi) is 9.62. The highest BCUT2D eigenvalue weighted by Crippen LogP contribution is 2.57. The fourth-order valence-electron chi connectivity index (χ4n) is 17.1. The van der Waals surface area contributed by atoms with Gasteiger partial charge in [-0.05, 0) is 214 Å². The van der Waals surface area contributed by atoms with Crippen molar-refractivity contribution in [3.05, 3.63) is 293 Å². The lowest BCUT2D eigenvalue weighted by molar-refractivity contribution is 0.632. The molecule has 0 saturated heterocycles. The van der Waals surface area contributed by atoms with Crippen LogP contribution in [0.2, 0.25) is 0 Å². The van der Waals surface area contributed by atoms with Crippen molar-refractivity contribution in [1.82, 2.24) is 0 Å². The number of para-hydroxylation sites is 4. The molecule has 16 aromatic carbocycles. The normalized spacial score (nSPS) is 15.0. The fraction of sp³-hybridized carbons (Fsp3) is 0.0952. The summed E-state index contributed by atoms with van der Waals surface area (Å²) < 4.78 is 0. The fourth-order valence-corrected chi connectivity index (χ4v) is 17.1. The van der Waals surface area contributed by atoms with E-state index in [2.05, 4.69) is 292 Å². The zero-order chi connectivity index (χ0) is 56.9. The Morgan fingerprint density at radius 3 is 1.19 bits per heavy atom. The molecule has 0 unspecified atom stereocenters. The molecule has 0 bridgehead atoms. The lowest BCUT2D eigenvalue weighted by Gasteiger charge is -2.42. The predicted molar refractivity (Wildman–Crippen MR) is 367 cm³/mol. The number of anilines is 6. The lowest BCUT2D eigenvalue weighted by Crippen LogP contribution is -2.30. The van der Waals surface area contributed by atoms with E-state index in [0.717, 1.165) is 24.2 Å². The number of hydrogen-bond donors (Lipinski definition) is 0. The molecule has 2 heteroatoms. The number of hydrogen-bond acceptors (Lipinski definition) is 2. The van der Waals surface area contributed by atoms with Crippen LogP contribution in [0.15, 0.2) is 255 Å². The second-order valence-electron chi connectivity index (χ2n) is 25.7. The first-order chi connectivity index (χ1) is 42.2. The quantitative estimate of drug-likeness (QED) is 0.128. The van der Waals surface area contributed by atoms with Crippen LogP contribution >= 0.6 is 0 Å². The molecule has 2 nitrogen and oxygen atoms in total. The minimum atomic E-state index is -0.196. The predicted octanol–water partition coefficient (Wildman–Crippen LogP) is 22.3. The zero-order valence-corrected chi connectivity index (χ0v) is 48.6. The Balaban J connectivity index is 0.997. The molecule has 2 heterocycles. The maximum absolute atomic E-state index is 2.58. The van der Waals surface area contributed by atoms with Gasteiger partial charge in [-0.25, -0.2) is 0 Å². The lowest BCUT2D eigenvalue weighted by atomic mass is 9.73. The van der Waals surface area contributed by atoms with Crippen molar-refractivity contribution in [1.29, 1.82) is 0 Å². The molecule has 86 heavy (non-hydrogen) atoms. The summed E-state index contributed by atoms with van der Waals surface area (Å²) in [6, 6.07) is 98.0. The molecule has 0 aromatic heterocycles. The van der Waals surface area contributed by atoms with Crippen molar-refractivity contribution in [2.45, 2.75) is 51.4 Å². The third-order valence-corrected chi connectivity index (χ3v) is 20.8. The smallest absolute Gasteiger partial charge is 0.0502 e. The first-order valence-corrected chi connectivity index (χ1v) is 30.7. The highest BCUT2D eigenvalue weighted by Gasteiger charge is 2.39. The minimum absolute atomic E-state index is 0.194. The molecule has 1 aliphatic carbocycles. The molecule has 0 fully saturated rings. The summed E-state index contributed by atoms with van der Waals surface area (Å²) in [5.74, 6) is 0. The standard InChI is InChI=1S/C84H58N2/c1-83(2)69-31-5-9-35-73(69)85(74-36-10-6-32-70(74)83)51-39-41-65-67(47-51)81(63-45-43-61-55-25-15-21-49-19-13-23-53(77(49)55)57-27-17-29-59(63)79(57)61)66-42-40-52(86-75-37-11-7-33-71(75)84(3,4)72-34-8-12-38-76(72)86)48-68(66)82(65)64-46-44-62-56-26-16-22-50-20-14-24-54(78(50)56)58-28-18-30-60(64)80(58)62/h5-43,45,47-48H,44,46H2,1-4H3. The van der Waals surface area contributed by atoms with Gasteiger partial charge < -0.3 is 9.80 Å². The minimum Gasteiger partial charge on any atom is -0.310 e. The van der Waals surface area contributed by atoms with Gasteiger partial charge in [0.2, 0.25) is 0 Å². The van der Waals surface area contributed by atoms with E-state index in [-0.39, 0.29) is 10.8 Å². The number of benzene rings is 16. The van der Waals surface area contributed by atoms with Crippen LogP contribution in [0, 0.1) is 0 Å². The van der Waals surface area contributed by atoms with Crippen LogP contribution in [0.3, 0.4) is 0 Å². The monoisotopic (exact) mass is 1090 g/mol. The Labute approximate surface area is 499 Å². The van der Waals surface area contributed by atoms with Gasteiger partial charge in [0.1, 0.15) is 0 Å². The van der Waals surface area contributed by atoms with E-state index in [1.54, 1.807) is 0 Å². The highest BCUT2D eigenvalue weighted by atomic mass is 15.2. The molecular formula is C84H58N2. The van der Waals surface area contributed by atoms with Crippen molar-refractivity contribution in [2.24, 2.45) is 0 Å². The molecule has 3 aliphatic rings. The van der Waals surface area contributed by atoms with Gasteiger partial charge in [-0.2, -0.15) is 0 Å². The first-order valence-electron chi connectivity index (χ1n) is 30.7. The molecule has 19 rings (SSSR count). The van der Waals surface area contributed by atoms with Crippen molar-refractivity contribution >= 4 is 137 Å². The van der Waals surface area contributed by atoms with Gasteiger partial charge >= 0.3 is 0 Å². The van der Waals surface area contributed by atoms with Gasteiger partial charge in [-0.3, -0.25) is 0 Å². The summed E-state index contributed by atoms with van der Waals surface area (Å²) in [5, 5.41) is 24.9. The van der Waals surface area contributed by atoms with Crippen LogP contribution in [0.25, 0.3) is 114 Å². The van der Waals surface area contributed by atoms with E-state index in [4.69, 9.17) is 0 Å². The van der Waals surface area contributed by atoms with Crippen LogP contribution in [-0.4, -0.2) is 0 Å². The van der Waals surface area contributed by atoms with E-state index in [1.807, 2.05) is 0 Å². The highest BCUT2D eigenvalue weighted by molar-refractivity contribution is 6.35. The van der Waals surface area contributed by atoms with Crippen molar-refractivity contribution < 1.29 is 0 Å². The van der Waals surface area contributed by atoms with Crippen LogP contribution in [0.5, 0.6) is 0 Å². The number of aryl methyl sites for hydroxylation is 1. The SMILES string of the molecule is CC1(C)c2ccccc2N(c2ccc3c(-c4ccc5c6cccc7cccc(c8cccc4c85)c76)c4cc(N5c6ccccc6C(C)(C)c6ccccc65)ccc4c(C4=c5cccc6c5c(c5cccc7cccc6c75)CC4)c3c2)c2ccccc21. The van der Waals surface area contributed by atoms with E-state index in [9.17, 15) is 0 Å². The van der Waals surface area contributed by atoms with Crippen molar-refractivity contribution in [2.75, 3.05) is 9.80 Å². The number of fused-ring (bicyclic) bond motifs is 10. The van der Waals surface area contributed by atoms with Crippen molar-refractivity contribution in [3.63, 3.8) is 0 Å². The first kappa shape index (κ1) is 48.1. The molecule has 2 aliphatic heterocycles. The summed E-state index contributed by atoms with van der Waals surface area (Å²) >= 11 is 0. The van der Waals surface area contributed by atoms with Gasteiger partial charge in [0, 0.05) is 22.2 Å². The molecule has 0 N–H and O–H groups in total. The van der Waals surface area contributed by atoms with E-state index in [0.29, 0.717) is 0 Å². The molecule has 16 aromatic rings. The van der Waals surface area contributed by atoms with Crippen molar-refractivity contribution in [3.8, 4) is 11.1 Å². The second-order valence-corrected chi connectivity index (χ2v) is 25.7.